The average molecular weight is 297 g/mol. The number of rotatable bonds is 4. The molecule has 2 fully saturated rings. The van der Waals surface area contributed by atoms with Gasteiger partial charge in [-0.2, -0.15) is 0 Å². The highest BCUT2D eigenvalue weighted by atomic mass is 16.4. The van der Waals surface area contributed by atoms with E-state index in [1.54, 1.807) is 0 Å². The van der Waals surface area contributed by atoms with Crippen LogP contribution in [0.1, 0.15) is 51.4 Å². The maximum atomic E-state index is 12.6. The topological polar surface area (TPSA) is 112 Å². The molecule has 1 unspecified atom stereocenters. The van der Waals surface area contributed by atoms with Gasteiger partial charge in [0.05, 0.1) is 11.8 Å². The first kappa shape index (κ1) is 15.5. The monoisotopic (exact) mass is 297 g/mol. The standard InChI is InChI=1S/C14H19NO6/c16-10-8-14(5-3-1-2-4-6-14)13(21)15(10)9(12(19)20)7-11(17)18/h9H,1-8H2,(H,17,18)(H,19,20). The third-order valence-electron chi connectivity index (χ3n) is 4.46. The molecule has 1 saturated heterocycles. The SMILES string of the molecule is O=C(O)CC(C(=O)O)N1C(=O)CC2(CCCCCC2)C1=O. The highest BCUT2D eigenvalue weighted by Gasteiger charge is 2.54. The van der Waals surface area contributed by atoms with Crippen LogP contribution in [0.3, 0.4) is 0 Å². The Kier molecular flexibility index (Phi) is 4.29. The van der Waals surface area contributed by atoms with E-state index in [2.05, 4.69) is 0 Å². The molecule has 1 saturated carbocycles. The largest absolute Gasteiger partial charge is 0.481 e. The fourth-order valence-electron chi connectivity index (χ4n) is 3.38. The Morgan fingerprint density at radius 2 is 1.67 bits per heavy atom. The summed E-state index contributed by atoms with van der Waals surface area (Å²) in [5, 5.41) is 18.0. The molecule has 116 valence electrons. The van der Waals surface area contributed by atoms with E-state index in [1.165, 1.54) is 0 Å². The van der Waals surface area contributed by atoms with Crippen LogP contribution in [0.25, 0.3) is 0 Å². The number of carboxylic acid groups (broad SMARTS) is 2. The molecule has 1 aliphatic heterocycles. The van der Waals surface area contributed by atoms with Gasteiger partial charge in [-0.3, -0.25) is 19.3 Å². The minimum absolute atomic E-state index is 0.00916. The molecular formula is C14H19NO6. The van der Waals surface area contributed by atoms with Gasteiger partial charge in [-0.1, -0.05) is 25.7 Å². The summed E-state index contributed by atoms with van der Waals surface area (Å²) >= 11 is 0. The molecule has 1 aliphatic carbocycles. The number of imide groups is 1. The molecule has 7 heteroatoms. The summed E-state index contributed by atoms with van der Waals surface area (Å²) < 4.78 is 0. The average Bonchev–Trinajstić information content (AvgIpc) is 2.57. The number of carbonyl (C=O) groups excluding carboxylic acids is 2. The number of carboxylic acids is 2. The molecule has 0 radical (unpaired) electrons. The van der Waals surface area contributed by atoms with E-state index in [9.17, 15) is 19.2 Å². The summed E-state index contributed by atoms with van der Waals surface area (Å²) in [4.78, 5) is 47.5. The van der Waals surface area contributed by atoms with Crippen LogP contribution < -0.4 is 0 Å². The second-order valence-electron chi connectivity index (χ2n) is 5.89. The van der Waals surface area contributed by atoms with Crippen LogP contribution >= 0.6 is 0 Å². The third-order valence-corrected chi connectivity index (χ3v) is 4.46. The molecule has 0 aromatic heterocycles. The lowest BCUT2D eigenvalue weighted by molar-refractivity contribution is -0.158. The summed E-state index contributed by atoms with van der Waals surface area (Å²) in [5.41, 5.74) is -0.806. The molecule has 0 aromatic rings. The molecule has 7 nitrogen and oxygen atoms in total. The van der Waals surface area contributed by atoms with Crippen LogP contribution in [0.15, 0.2) is 0 Å². The third kappa shape index (κ3) is 2.91. The number of amides is 2. The van der Waals surface area contributed by atoms with Crippen molar-refractivity contribution in [2.75, 3.05) is 0 Å². The number of hydrogen-bond donors (Lipinski definition) is 2. The van der Waals surface area contributed by atoms with Gasteiger partial charge in [0.25, 0.3) is 0 Å². The van der Waals surface area contributed by atoms with Crippen molar-refractivity contribution in [1.29, 1.82) is 0 Å². The van der Waals surface area contributed by atoms with Gasteiger partial charge in [-0.05, 0) is 12.8 Å². The summed E-state index contributed by atoms with van der Waals surface area (Å²) in [6.45, 7) is 0. The molecule has 2 aliphatic rings. The van der Waals surface area contributed by atoms with E-state index in [-0.39, 0.29) is 6.42 Å². The van der Waals surface area contributed by atoms with Crippen LogP contribution in [0.4, 0.5) is 0 Å². The maximum absolute atomic E-state index is 12.6. The van der Waals surface area contributed by atoms with E-state index in [0.717, 1.165) is 25.7 Å². The van der Waals surface area contributed by atoms with Gasteiger partial charge in [0.1, 0.15) is 6.04 Å². The van der Waals surface area contributed by atoms with Crippen molar-refractivity contribution in [1.82, 2.24) is 4.90 Å². The molecule has 2 amide bonds. The molecular weight excluding hydrogens is 278 g/mol. The zero-order valence-electron chi connectivity index (χ0n) is 11.7. The zero-order valence-corrected chi connectivity index (χ0v) is 11.7. The lowest BCUT2D eigenvalue weighted by atomic mass is 9.79. The summed E-state index contributed by atoms with van der Waals surface area (Å²) in [7, 11) is 0. The highest BCUT2D eigenvalue weighted by molar-refractivity contribution is 6.08. The molecule has 2 rings (SSSR count). The first-order chi connectivity index (χ1) is 9.87. The van der Waals surface area contributed by atoms with Crippen LogP contribution in [-0.2, 0) is 19.2 Å². The predicted octanol–water partition coefficient (Wildman–Crippen LogP) is 1.01. The number of likely N-dealkylation sites (tertiary alicyclic amines) is 1. The Labute approximate surface area is 121 Å². The lowest BCUT2D eigenvalue weighted by Gasteiger charge is -2.27. The fraction of sp³-hybridized carbons (Fsp3) is 0.714. The Balaban J connectivity index is 2.27. The van der Waals surface area contributed by atoms with Crippen molar-refractivity contribution in [2.45, 2.75) is 57.4 Å². The molecule has 0 bridgehead atoms. The van der Waals surface area contributed by atoms with Crippen molar-refractivity contribution in [3.63, 3.8) is 0 Å². The smallest absolute Gasteiger partial charge is 0.327 e. The maximum Gasteiger partial charge on any atom is 0.327 e. The first-order valence-corrected chi connectivity index (χ1v) is 7.18. The van der Waals surface area contributed by atoms with E-state index in [4.69, 9.17) is 10.2 Å². The van der Waals surface area contributed by atoms with Gasteiger partial charge in [-0.15, -0.1) is 0 Å². The Bertz CT molecular complexity index is 478. The van der Waals surface area contributed by atoms with E-state index in [0.29, 0.717) is 17.7 Å². The minimum Gasteiger partial charge on any atom is -0.481 e. The molecule has 2 N–H and O–H groups in total. The van der Waals surface area contributed by atoms with Crippen molar-refractivity contribution < 1.29 is 29.4 Å². The quantitative estimate of drug-likeness (QED) is 0.749. The van der Waals surface area contributed by atoms with Gasteiger partial charge < -0.3 is 10.2 Å². The summed E-state index contributed by atoms with van der Waals surface area (Å²) in [5.74, 6) is -3.85. The Hall–Kier alpha value is -1.92. The van der Waals surface area contributed by atoms with Crippen LogP contribution in [0.2, 0.25) is 0 Å². The minimum atomic E-state index is -1.61. The molecule has 21 heavy (non-hydrogen) atoms. The van der Waals surface area contributed by atoms with Gasteiger partial charge in [0, 0.05) is 6.42 Å². The molecule has 1 spiro atoms. The van der Waals surface area contributed by atoms with Gasteiger partial charge in [-0.25, -0.2) is 4.79 Å². The van der Waals surface area contributed by atoms with Crippen LogP contribution in [-0.4, -0.2) is 44.9 Å². The number of hydrogen-bond acceptors (Lipinski definition) is 4. The van der Waals surface area contributed by atoms with Crippen molar-refractivity contribution in [3.05, 3.63) is 0 Å². The van der Waals surface area contributed by atoms with Crippen LogP contribution in [0, 0.1) is 5.41 Å². The second-order valence-corrected chi connectivity index (χ2v) is 5.89. The van der Waals surface area contributed by atoms with Crippen molar-refractivity contribution in [3.8, 4) is 0 Å². The Morgan fingerprint density at radius 1 is 1.10 bits per heavy atom. The Morgan fingerprint density at radius 3 is 2.14 bits per heavy atom. The second kappa shape index (κ2) is 5.83. The van der Waals surface area contributed by atoms with E-state index >= 15 is 0 Å². The van der Waals surface area contributed by atoms with Gasteiger partial charge in [0.2, 0.25) is 11.8 Å². The normalized spacial score (nSPS) is 23.1. The van der Waals surface area contributed by atoms with Gasteiger partial charge in [0.15, 0.2) is 0 Å². The first-order valence-electron chi connectivity index (χ1n) is 7.18. The van der Waals surface area contributed by atoms with Gasteiger partial charge >= 0.3 is 11.9 Å². The zero-order chi connectivity index (χ0) is 15.6. The van der Waals surface area contributed by atoms with Crippen LogP contribution in [0.5, 0.6) is 0 Å². The number of nitrogens with zero attached hydrogens (tertiary/aromatic N) is 1. The molecule has 0 aromatic carbocycles. The summed E-state index contributed by atoms with van der Waals surface area (Å²) in [6.07, 6.45) is 4.08. The number of aliphatic carboxylic acids is 2. The highest BCUT2D eigenvalue weighted by Crippen LogP contribution is 2.45. The summed E-state index contributed by atoms with van der Waals surface area (Å²) in [6, 6.07) is -1.61. The fourth-order valence-corrected chi connectivity index (χ4v) is 3.38. The van der Waals surface area contributed by atoms with Crippen molar-refractivity contribution in [2.24, 2.45) is 5.41 Å². The molecule has 1 atom stereocenters. The number of carbonyl (C=O) groups is 4. The van der Waals surface area contributed by atoms with E-state index < -0.39 is 41.6 Å². The predicted molar refractivity (Wildman–Crippen MR) is 70.3 cm³/mol. The molecule has 1 heterocycles. The van der Waals surface area contributed by atoms with Crippen molar-refractivity contribution >= 4 is 23.8 Å². The lowest BCUT2D eigenvalue weighted by Crippen LogP contribution is -2.47. The van der Waals surface area contributed by atoms with E-state index in [1.807, 2.05) is 0 Å².